The van der Waals surface area contributed by atoms with Crippen molar-refractivity contribution in [3.05, 3.63) is 331 Å². The van der Waals surface area contributed by atoms with Crippen molar-refractivity contribution >= 4 is 27.7 Å². The molecule has 0 aromatic heterocycles. The van der Waals surface area contributed by atoms with E-state index in [1.54, 1.807) is 0 Å². The van der Waals surface area contributed by atoms with Gasteiger partial charge in [-0.25, -0.2) is 0 Å². The van der Waals surface area contributed by atoms with Crippen LogP contribution >= 0.6 is 0 Å². The van der Waals surface area contributed by atoms with Crippen molar-refractivity contribution in [1.82, 2.24) is 0 Å². The summed E-state index contributed by atoms with van der Waals surface area (Å²) in [5, 5.41) is 2.51. The Hall–Kier alpha value is -9.04. The van der Waals surface area contributed by atoms with E-state index >= 15 is 0 Å². The number of hydrogen-bond donors (Lipinski definition) is 0. The number of fused-ring (bicyclic) bond motifs is 4. The lowest BCUT2D eigenvalue weighted by molar-refractivity contribution is 0.702. The molecular weight excluding hydrogens is 867 g/mol. The fraction of sp³-hybridized carbons (Fsp3) is 0.0423. The summed E-state index contributed by atoms with van der Waals surface area (Å²) in [5.41, 5.74) is 20.4. The zero-order valence-electron chi connectivity index (χ0n) is 39.9. The van der Waals surface area contributed by atoms with Crippen LogP contribution in [0.4, 0.5) is 11.4 Å². The van der Waals surface area contributed by atoms with E-state index in [9.17, 15) is 0 Å². The standard InChI is InChI=1S/C71H51N/c1-5-21-54(22-6-1)62-30-15-16-32-66(62)70-63(55-23-7-2-8-24-55)33-19-35-69(70)72(60-44-42-52(43-45-60)51-36-38-53(39-37-51)57-41-40-50-20-13-14-25-56(50)48-57)61-46-47-65-64-31-17-18-34-67(64)71(68(65)49-61,58-26-9-3-10-27-58)59-28-11-4-12-29-59/h1-49,69-70H. The van der Waals surface area contributed by atoms with E-state index in [1.165, 1.54) is 94.2 Å². The molecule has 2 atom stereocenters. The van der Waals surface area contributed by atoms with Gasteiger partial charge in [-0.1, -0.05) is 267 Å². The fourth-order valence-corrected chi connectivity index (χ4v) is 11.9. The first kappa shape index (κ1) is 43.0. The molecule has 2 aliphatic rings. The maximum absolute atomic E-state index is 2.62. The van der Waals surface area contributed by atoms with Crippen LogP contribution in [-0.2, 0) is 5.41 Å². The number of hydrogen-bond acceptors (Lipinski definition) is 1. The van der Waals surface area contributed by atoms with Crippen molar-refractivity contribution in [3.8, 4) is 44.5 Å². The highest BCUT2D eigenvalue weighted by molar-refractivity contribution is 5.90. The highest BCUT2D eigenvalue weighted by atomic mass is 15.2. The lowest BCUT2D eigenvalue weighted by atomic mass is 9.67. The zero-order chi connectivity index (χ0) is 47.8. The van der Waals surface area contributed by atoms with E-state index in [2.05, 4.69) is 302 Å². The SMILES string of the molecule is C1=CC(N(c2ccc(-c3ccc(-c4ccc5ccccc5c4)cc3)cc2)c2ccc3c(c2)C(c2ccccc2)(c2ccccc2)c2ccccc2-3)C(c2ccccc2-c2ccccc2)C(c2ccccc2)=C1. The van der Waals surface area contributed by atoms with Gasteiger partial charge in [-0.2, -0.15) is 0 Å². The predicted molar refractivity (Wildman–Crippen MR) is 303 cm³/mol. The van der Waals surface area contributed by atoms with E-state index in [0.29, 0.717) is 0 Å². The first-order chi connectivity index (χ1) is 35.7. The molecule has 0 spiro atoms. The minimum Gasteiger partial charge on any atom is -0.334 e. The van der Waals surface area contributed by atoms with Crippen LogP contribution in [0.3, 0.4) is 0 Å². The van der Waals surface area contributed by atoms with Crippen LogP contribution in [0, 0.1) is 0 Å². The van der Waals surface area contributed by atoms with Crippen LogP contribution in [0.5, 0.6) is 0 Å². The monoisotopic (exact) mass is 917 g/mol. The molecule has 0 N–H and O–H groups in total. The van der Waals surface area contributed by atoms with Crippen molar-refractivity contribution in [3.63, 3.8) is 0 Å². The van der Waals surface area contributed by atoms with Gasteiger partial charge in [0, 0.05) is 17.3 Å². The summed E-state index contributed by atoms with van der Waals surface area (Å²) in [4.78, 5) is 2.62. The van der Waals surface area contributed by atoms with E-state index in [1.807, 2.05) is 0 Å². The van der Waals surface area contributed by atoms with Crippen molar-refractivity contribution in [1.29, 1.82) is 0 Å². The minimum absolute atomic E-state index is 0.0467. The van der Waals surface area contributed by atoms with Gasteiger partial charge in [-0.05, 0) is 125 Å². The average Bonchev–Trinajstić information content (AvgIpc) is 3.76. The number of allylic oxidation sites excluding steroid dienone is 2. The van der Waals surface area contributed by atoms with Gasteiger partial charge in [0.2, 0.25) is 0 Å². The summed E-state index contributed by atoms with van der Waals surface area (Å²) in [6.45, 7) is 0. The molecule has 72 heavy (non-hydrogen) atoms. The Kier molecular flexibility index (Phi) is 11.0. The minimum atomic E-state index is -0.546. The Bertz CT molecular complexity index is 3740. The van der Waals surface area contributed by atoms with Gasteiger partial charge in [-0.3, -0.25) is 0 Å². The van der Waals surface area contributed by atoms with Crippen LogP contribution in [0.2, 0.25) is 0 Å². The quantitative estimate of drug-likeness (QED) is 0.132. The molecule has 0 aliphatic heterocycles. The lowest BCUT2D eigenvalue weighted by Gasteiger charge is -2.41. The molecule has 11 aromatic carbocycles. The van der Waals surface area contributed by atoms with Crippen molar-refractivity contribution in [2.75, 3.05) is 4.90 Å². The molecule has 0 amide bonds. The van der Waals surface area contributed by atoms with Crippen molar-refractivity contribution < 1.29 is 0 Å². The largest absolute Gasteiger partial charge is 0.334 e. The van der Waals surface area contributed by atoms with Crippen LogP contribution in [0.15, 0.2) is 297 Å². The second-order valence-electron chi connectivity index (χ2n) is 19.1. The molecule has 2 aliphatic carbocycles. The predicted octanol–water partition coefficient (Wildman–Crippen LogP) is 18.1. The van der Waals surface area contributed by atoms with Gasteiger partial charge >= 0.3 is 0 Å². The Morgan fingerprint density at radius 2 is 0.819 bits per heavy atom. The van der Waals surface area contributed by atoms with Gasteiger partial charge in [-0.15, -0.1) is 0 Å². The molecule has 1 nitrogen and oxygen atoms in total. The first-order valence-electron chi connectivity index (χ1n) is 25.1. The second kappa shape index (κ2) is 18.4. The van der Waals surface area contributed by atoms with Crippen molar-refractivity contribution in [2.45, 2.75) is 17.4 Å². The maximum atomic E-state index is 2.62. The summed E-state index contributed by atoms with van der Waals surface area (Å²) >= 11 is 0. The molecule has 1 heteroatoms. The highest BCUT2D eigenvalue weighted by Gasteiger charge is 2.46. The van der Waals surface area contributed by atoms with E-state index in [4.69, 9.17) is 0 Å². The number of rotatable bonds is 10. The third-order valence-corrected chi connectivity index (χ3v) is 15.2. The topological polar surface area (TPSA) is 3.24 Å². The fourth-order valence-electron chi connectivity index (χ4n) is 11.9. The number of nitrogens with zero attached hydrogens (tertiary/aromatic N) is 1. The van der Waals surface area contributed by atoms with Gasteiger partial charge in [0.1, 0.15) is 0 Å². The summed E-state index contributed by atoms with van der Waals surface area (Å²) in [7, 11) is 0. The summed E-state index contributed by atoms with van der Waals surface area (Å²) < 4.78 is 0. The molecule has 13 rings (SSSR count). The van der Waals surface area contributed by atoms with E-state index in [0.717, 1.165) is 11.4 Å². The molecular formula is C71H51N. The van der Waals surface area contributed by atoms with E-state index < -0.39 is 5.41 Å². The molecule has 11 aromatic rings. The van der Waals surface area contributed by atoms with Crippen LogP contribution in [0.25, 0.3) is 60.9 Å². The molecule has 0 saturated carbocycles. The maximum Gasteiger partial charge on any atom is 0.0714 e. The van der Waals surface area contributed by atoms with Crippen molar-refractivity contribution in [2.24, 2.45) is 0 Å². The summed E-state index contributed by atoms with van der Waals surface area (Å²) in [6, 6.07) is 103. The number of benzene rings is 11. The molecule has 0 heterocycles. The van der Waals surface area contributed by atoms with Gasteiger partial charge in [0.25, 0.3) is 0 Å². The Balaban J connectivity index is 0.999. The first-order valence-corrected chi connectivity index (χ1v) is 25.1. The molecule has 0 saturated heterocycles. The molecule has 340 valence electrons. The van der Waals surface area contributed by atoms with E-state index in [-0.39, 0.29) is 12.0 Å². The number of anilines is 2. The zero-order valence-corrected chi connectivity index (χ0v) is 39.9. The molecule has 0 bridgehead atoms. The highest BCUT2D eigenvalue weighted by Crippen LogP contribution is 2.57. The average molecular weight is 918 g/mol. The third kappa shape index (κ3) is 7.41. The van der Waals surface area contributed by atoms with Crippen LogP contribution < -0.4 is 4.90 Å². The Labute approximate surface area is 423 Å². The van der Waals surface area contributed by atoms with Crippen LogP contribution in [0.1, 0.15) is 39.3 Å². The smallest absolute Gasteiger partial charge is 0.0714 e. The van der Waals surface area contributed by atoms with Gasteiger partial charge < -0.3 is 4.90 Å². The molecule has 0 radical (unpaired) electrons. The Morgan fingerprint density at radius 1 is 0.319 bits per heavy atom. The molecule has 2 unspecified atom stereocenters. The normalized spacial score (nSPS) is 15.4. The van der Waals surface area contributed by atoms with Crippen LogP contribution in [-0.4, -0.2) is 6.04 Å². The summed E-state index contributed by atoms with van der Waals surface area (Å²) in [5.74, 6) is -0.0467. The second-order valence-corrected chi connectivity index (χ2v) is 19.1. The van der Waals surface area contributed by atoms with Gasteiger partial charge in [0.15, 0.2) is 0 Å². The lowest BCUT2D eigenvalue weighted by Crippen LogP contribution is -2.37. The van der Waals surface area contributed by atoms with Gasteiger partial charge in [0.05, 0.1) is 11.5 Å². The summed E-state index contributed by atoms with van der Waals surface area (Å²) in [6.07, 6.45) is 7.06. The Morgan fingerprint density at radius 3 is 1.50 bits per heavy atom. The molecule has 0 fully saturated rings. The third-order valence-electron chi connectivity index (χ3n) is 15.2.